The number of hydrogen-bond donors (Lipinski definition) is 1. The largest absolute Gasteiger partial charge is 0.428 e. The van der Waals surface area contributed by atoms with E-state index in [1.165, 1.54) is 0 Å². The Labute approximate surface area is 203 Å². The van der Waals surface area contributed by atoms with Gasteiger partial charge in [-0.2, -0.15) is 70.2 Å². The van der Waals surface area contributed by atoms with Crippen molar-refractivity contribution in [2.45, 2.75) is 60.8 Å². The highest BCUT2D eigenvalue weighted by Gasteiger charge is 2.75. The van der Waals surface area contributed by atoms with E-state index in [1.54, 1.807) is 0 Å². The van der Waals surface area contributed by atoms with Gasteiger partial charge in [-0.05, 0) is 0 Å². The molecule has 2 atom stereocenters. The van der Waals surface area contributed by atoms with Gasteiger partial charge in [0.2, 0.25) is 0 Å². The summed E-state index contributed by atoms with van der Waals surface area (Å²) >= 11 is 0. The predicted octanol–water partition coefficient (Wildman–Crippen LogP) is 5.20. The number of rotatable bonds is 18. The molecule has 0 aliphatic heterocycles. The SMILES string of the molecule is COCC(F)(F)C(F)(F)C(F)(F)OC(F)C(F)(F)OCCOC(F)(F)C(F)OC(F)(F)C(F)(F)C(F)(F)CO. The number of halogens is 18. The van der Waals surface area contributed by atoms with Crippen molar-refractivity contribution >= 4 is 0 Å². The molecule has 2 unspecified atom stereocenters. The van der Waals surface area contributed by atoms with Gasteiger partial charge in [-0.1, -0.05) is 0 Å². The number of methoxy groups -OCH3 is 1. The average molecular weight is 632 g/mol. The van der Waals surface area contributed by atoms with E-state index in [-0.39, 0.29) is 0 Å². The Morgan fingerprint density at radius 3 is 1.15 bits per heavy atom. The van der Waals surface area contributed by atoms with Crippen LogP contribution < -0.4 is 0 Å². The molecule has 0 bridgehead atoms. The lowest BCUT2D eigenvalue weighted by atomic mass is 10.1. The monoisotopic (exact) mass is 632 g/mol. The summed E-state index contributed by atoms with van der Waals surface area (Å²) < 4.78 is 251. The van der Waals surface area contributed by atoms with Crippen LogP contribution in [0.5, 0.6) is 0 Å². The van der Waals surface area contributed by atoms with E-state index in [0.29, 0.717) is 7.11 Å². The summed E-state index contributed by atoms with van der Waals surface area (Å²) in [5.74, 6) is -25.4. The molecular formula is C15H14F18O6. The fraction of sp³-hybridized carbons (Fsp3) is 1.00. The molecule has 0 saturated heterocycles. The van der Waals surface area contributed by atoms with Crippen LogP contribution in [0.2, 0.25) is 0 Å². The van der Waals surface area contributed by atoms with Gasteiger partial charge in [0.25, 0.3) is 12.7 Å². The average Bonchev–Trinajstić information content (AvgIpc) is 2.75. The van der Waals surface area contributed by atoms with Gasteiger partial charge in [-0.15, -0.1) is 0 Å². The summed E-state index contributed by atoms with van der Waals surface area (Å²) in [6.45, 7) is -9.91. The molecule has 0 fully saturated rings. The maximum atomic E-state index is 13.3. The second kappa shape index (κ2) is 12.2. The molecule has 0 aromatic rings. The highest BCUT2D eigenvalue weighted by molar-refractivity contribution is 4.93. The first-order valence-electron chi connectivity index (χ1n) is 9.12. The van der Waals surface area contributed by atoms with Crippen LogP contribution in [0.25, 0.3) is 0 Å². The fourth-order valence-corrected chi connectivity index (χ4v) is 1.83. The smallest absolute Gasteiger partial charge is 0.390 e. The first kappa shape index (κ1) is 37.5. The van der Waals surface area contributed by atoms with E-state index < -0.39 is 87.3 Å². The molecule has 0 aromatic heterocycles. The van der Waals surface area contributed by atoms with Gasteiger partial charge < -0.3 is 19.3 Å². The zero-order valence-electron chi connectivity index (χ0n) is 18.3. The molecule has 0 radical (unpaired) electrons. The Bertz CT molecular complexity index is 778. The van der Waals surface area contributed by atoms with Crippen molar-refractivity contribution < 1.29 is 108 Å². The quantitative estimate of drug-likeness (QED) is 0.166. The van der Waals surface area contributed by atoms with E-state index in [1.807, 2.05) is 0 Å². The molecule has 0 heterocycles. The van der Waals surface area contributed by atoms with Crippen LogP contribution >= 0.6 is 0 Å². The summed E-state index contributed by atoms with van der Waals surface area (Å²) in [6, 6.07) is 0. The van der Waals surface area contributed by atoms with Crippen molar-refractivity contribution in [1.82, 2.24) is 0 Å². The molecule has 0 aliphatic carbocycles. The molecule has 6 nitrogen and oxygen atoms in total. The summed E-state index contributed by atoms with van der Waals surface area (Å²) in [5, 5.41) is 7.98. The number of aliphatic hydroxyl groups excluding tert-OH is 1. The molecule has 0 rings (SSSR count). The second-order valence-corrected chi connectivity index (χ2v) is 6.87. The molecule has 236 valence electrons. The highest BCUT2D eigenvalue weighted by atomic mass is 19.4. The van der Waals surface area contributed by atoms with Gasteiger partial charge in [0, 0.05) is 7.11 Å². The Hall–Kier alpha value is -1.50. The zero-order valence-corrected chi connectivity index (χ0v) is 18.3. The predicted molar refractivity (Wildman–Crippen MR) is 82.4 cm³/mol. The number of hydrogen-bond acceptors (Lipinski definition) is 6. The van der Waals surface area contributed by atoms with Crippen LogP contribution in [0.3, 0.4) is 0 Å². The summed E-state index contributed by atoms with van der Waals surface area (Å²) in [5.41, 5.74) is 0. The third-order valence-corrected chi connectivity index (χ3v) is 3.88. The Kier molecular flexibility index (Phi) is 11.7. The third-order valence-electron chi connectivity index (χ3n) is 3.88. The van der Waals surface area contributed by atoms with Gasteiger partial charge in [-0.3, -0.25) is 9.47 Å². The molecule has 0 spiro atoms. The Morgan fingerprint density at radius 1 is 0.564 bits per heavy atom. The first-order chi connectivity index (χ1) is 17.1. The molecule has 0 aromatic carbocycles. The van der Waals surface area contributed by atoms with Crippen molar-refractivity contribution in [2.24, 2.45) is 0 Å². The van der Waals surface area contributed by atoms with Gasteiger partial charge in [-0.25, -0.2) is 8.78 Å². The molecule has 39 heavy (non-hydrogen) atoms. The molecular weight excluding hydrogens is 618 g/mol. The topological polar surface area (TPSA) is 66.4 Å². The Morgan fingerprint density at radius 2 is 0.872 bits per heavy atom. The summed E-state index contributed by atoms with van der Waals surface area (Å²) in [4.78, 5) is 0. The van der Waals surface area contributed by atoms with Crippen LogP contribution in [-0.4, -0.2) is 99.5 Å². The maximum absolute atomic E-state index is 13.3. The summed E-state index contributed by atoms with van der Waals surface area (Å²) in [6.07, 6.45) is -35.4. The normalized spacial score (nSPS) is 16.9. The van der Waals surface area contributed by atoms with E-state index in [9.17, 15) is 79.0 Å². The molecule has 24 heteroatoms. The standard InChI is InChI=1S/C15H14F18O6/c1-35-5-9(20,21)13(28,29)15(32,33)39-7(17)11(24,25)37-3-2-36-10(22,23)6(16)38-14(30,31)12(26,27)8(18,19)4-34/h6-7,34H,2-5H2,1H3. The minimum atomic E-state index is -6.82. The number of aliphatic hydroxyl groups is 1. The molecule has 0 aliphatic rings. The van der Waals surface area contributed by atoms with Crippen molar-refractivity contribution in [3.8, 4) is 0 Å². The maximum Gasteiger partial charge on any atom is 0.428 e. The molecule has 0 saturated carbocycles. The zero-order chi connectivity index (χ0) is 31.5. The van der Waals surface area contributed by atoms with Gasteiger partial charge in [0.1, 0.15) is 13.2 Å². The van der Waals surface area contributed by atoms with Crippen LogP contribution in [0.15, 0.2) is 0 Å². The second-order valence-electron chi connectivity index (χ2n) is 6.87. The lowest BCUT2D eigenvalue weighted by Crippen LogP contribution is -2.59. The van der Waals surface area contributed by atoms with E-state index in [4.69, 9.17) is 5.11 Å². The van der Waals surface area contributed by atoms with Gasteiger partial charge in [0.15, 0.2) is 0 Å². The van der Waals surface area contributed by atoms with E-state index in [0.717, 1.165) is 0 Å². The fourth-order valence-electron chi connectivity index (χ4n) is 1.83. The van der Waals surface area contributed by atoms with Crippen LogP contribution in [0.1, 0.15) is 0 Å². The van der Waals surface area contributed by atoms with Crippen LogP contribution in [0, 0.1) is 0 Å². The van der Waals surface area contributed by atoms with Crippen molar-refractivity contribution in [3.63, 3.8) is 0 Å². The third kappa shape index (κ3) is 8.27. The van der Waals surface area contributed by atoms with Crippen molar-refractivity contribution in [2.75, 3.05) is 33.5 Å². The lowest BCUT2D eigenvalue weighted by Gasteiger charge is -2.33. The summed E-state index contributed by atoms with van der Waals surface area (Å²) in [7, 11) is 0.322. The lowest BCUT2D eigenvalue weighted by molar-refractivity contribution is -0.458. The van der Waals surface area contributed by atoms with Crippen molar-refractivity contribution in [3.05, 3.63) is 0 Å². The van der Waals surface area contributed by atoms with E-state index >= 15 is 0 Å². The first-order valence-corrected chi connectivity index (χ1v) is 9.12. The number of ether oxygens (including phenoxy) is 5. The minimum Gasteiger partial charge on any atom is -0.390 e. The van der Waals surface area contributed by atoms with Crippen molar-refractivity contribution in [1.29, 1.82) is 0 Å². The number of alkyl halides is 18. The Balaban J connectivity index is 5.19. The van der Waals surface area contributed by atoms with Gasteiger partial charge >= 0.3 is 48.1 Å². The molecule has 1 N–H and O–H groups in total. The highest BCUT2D eigenvalue weighted by Crippen LogP contribution is 2.49. The van der Waals surface area contributed by atoms with Gasteiger partial charge in [0.05, 0.1) is 13.2 Å². The van der Waals surface area contributed by atoms with Crippen LogP contribution in [-0.2, 0) is 23.7 Å². The van der Waals surface area contributed by atoms with E-state index in [2.05, 4.69) is 23.7 Å². The molecule has 0 amide bonds. The van der Waals surface area contributed by atoms with Crippen LogP contribution in [0.4, 0.5) is 79.0 Å². The minimum absolute atomic E-state index is 0.322.